The number of rotatable bonds is 7. The standard InChI is InChI=1S/C24H33N3O2/c1-19-4-6-21(7-5-19)17-27(3)24(25-2)26-16-20-8-10-22(11-9-20)18-29-23-12-14-28-15-13-23/h4-11,23H,12-18H2,1-3H3,(H,25,26). The Labute approximate surface area is 174 Å². The Morgan fingerprint density at radius 3 is 2.31 bits per heavy atom. The summed E-state index contributed by atoms with van der Waals surface area (Å²) in [5.74, 6) is 0.887. The molecule has 0 amide bonds. The van der Waals surface area contributed by atoms with E-state index in [1.165, 1.54) is 22.3 Å². The topological polar surface area (TPSA) is 46.1 Å². The van der Waals surface area contributed by atoms with Gasteiger partial charge in [0.05, 0.1) is 12.7 Å². The smallest absolute Gasteiger partial charge is 0.193 e. The molecule has 0 spiro atoms. The minimum Gasteiger partial charge on any atom is -0.381 e. The number of aryl methyl sites for hydroxylation is 1. The zero-order valence-electron chi connectivity index (χ0n) is 17.9. The van der Waals surface area contributed by atoms with Crippen molar-refractivity contribution in [3.63, 3.8) is 0 Å². The summed E-state index contributed by atoms with van der Waals surface area (Å²) < 4.78 is 11.4. The number of ether oxygens (including phenoxy) is 2. The molecule has 1 N–H and O–H groups in total. The van der Waals surface area contributed by atoms with Gasteiger partial charge >= 0.3 is 0 Å². The highest BCUT2D eigenvalue weighted by molar-refractivity contribution is 5.79. The second-order valence-electron chi connectivity index (χ2n) is 7.68. The molecule has 1 fully saturated rings. The molecule has 2 aromatic rings. The van der Waals surface area contributed by atoms with Gasteiger partial charge in [-0.25, -0.2) is 0 Å². The van der Waals surface area contributed by atoms with Gasteiger partial charge in [0.15, 0.2) is 5.96 Å². The molecule has 1 aliphatic rings. The highest BCUT2D eigenvalue weighted by atomic mass is 16.5. The zero-order valence-corrected chi connectivity index (χ0v) is 17.9. The summed E-state index contributed by atoms with van der Waals surface area (Å²) in [4.78, 5) is 6.56. The first-order valence-electron chi connectivity index (χ1n) is 10.4. The van der Waals surface area contributed by atoms with Crippen LogP contribution in [0.15, 0.2) is 53.5 Å². The molecule has 0 bridgehead atoms. The molecule has 1 heterocycles. The van der Waals surface area contributed by atoms with Crippen LogP contribution in [0.25, 0.3) is 0 Å². The molecule has 0 aliphatic carbocycles. The number of nitrogens with zero attached hydrogens (tertiary/aromatic N) is 2. The Hall–Kier alpha value is -2.37. The van der Waals surface area contributed by atoms with Crippen LogP contribution in [0.2, 0.25) is 0 Å². The normalized spacial score (nSPS) is 15.3. The van der Waals surface area contributed by atoms with Crippen molar-refractivity contribution in [3.8, 4) is 0 Å². The number of benzene rings is 2. The predicted octanol–water partition coefficient (Wildman–Crippen LogP) is 3.90. The molecule has 0 atom stereocenters. The first-order chi connectivity index (χ1) is 14.1. The fourth-order valence-corrected chi connectivity index (χ4v) is 3.42. The van der Waals surface area contributed by atoms with Crippen LogP contribution in [0, 0.1) is 6.92 Å². The summed E-state index contributed by atoms with van der Waals surface area (Å²) in [5.41, 5.74) is 4.99. The molecular weight excluding hydrogens is 362 g/mol. The van der Waals surface area contributed by atoms with E-state index in [1.54, 1.807) is 0 Å². The number of hydrogen-bond acceptors (Lipinski definition) is 3. The molecule has 5 nitrogen and oxygen atoms in total. The summed E-state index contributed by atoms with van der Waals surface area (Å²) in [5, 5.41) is 3.45. The highest BCUT2D eigenvalue weighted by Crippen LogP contribution is 2.14. The molecule has 3 rings (SSSR count). The van der Waals surface area contributed by atoms with Crippen molar-refractivity contribution in [2.75, 3.05) is 27.3 Å². The van der Waals surface area contributed by atoms with Gasteiger partial charge in [0.25, 0.3) is 0 Å². The quantitative estimate of drug-likeness (QED) is 0.571. The third kappa shape index (κ3) is 6.87. The molecule has 1 aliphatic heterocycles. The van der Waals surface area contributed by atoms with Gasteiger partial charge in [-0.15, -0.1) is 0 Å². The summed E-state index contributed by atoms with van der Waals surface area (Å²) in [6.45, 7) is 5.97. The maximum Gasteiger partial charge on any atom is 0.193 e. The summed E-state index contributed by atoms with van der Waals surface area (Å²) in [7, 11) is 3.89. The van der Waals surface area contributed by atoms with Gasteiger partial charge in [0.2, 0.25) is 0 Å². The molecule has 1 saturated heterocycles. The maximum atomic E-state index is 6.00. The molecule has 156 valence electrons. The molecule has 0 aromatic heterocycles. The first-order valence-corrected chi connectivity index (χ1v) is 10.4. The van der Waals surface area contributed by atoms with Gasteiger partial charge < -0.3 is 19.7 Å². The Balaban J connectivity index is 1.45. The van der Waals surface area contributed by atoms with Crippen molar-refractivity contribution >= 4 is 5.96 Å². The summed E-state index contributed by atoms with van der Waals surface area (Å²) >= 11 is 0. The number of hydrogen-bond donors (Lipinski definition) is 1. The van der Waals surface area contributed by atoms with Gasteiger partial charge in [-0.2, -0.15) is 0 Å². The van der Waals surface area contributed by atoms with Crippen molar-refractivity contribution in [1.82, 2.24) is 10.2 Å². The fraction of sp³-hybridized carbons (Fsp3) is 0.458. The zero-order chi connectivity index (χ0) is 20.5. The van der Waals surface area contributed by atoms with Crippen LogP contribution >= 0.6 is 0 Å². The number of aliphatic imine (C=N–C) groups is 1. The second-order valence-corrected chi connectivity index (χ2v) is 7.68. The largest absolute Gasteiger partial charge is 0.381 e. The molecule has 29 heavy (non-hydrogen) atoms. The van der Waals surface area contributed by atoms with Crippen LogP contribution in [0.4, 0.5) is 0 Å². The number of guanidine groups is 1. The van der Waals surface area contributed by atoms with E-state index in [0.29, 0.717) is 12.7 Å². The average Bonchev–Trinajstić information content (AvgIpc) is 2.76. The van der Waals surface area contributed by atoms with Crippen LogP contribution in [-0.2, 0) is 29.2 Å². The van der Waals surface area contributed by atoms with E-state index in [4.69, 9.17) is 9.47 Å². The molecule has 5 heteroatoms. The van der Waals surface area contributed by atoms with E-state index in [2.05, 4.69) is 77.7 Å². The van der Waals surface area contributed by atoms with Crippen molar-refractivity contribution in [2.45, 2.75) is 45.6 Å². The number of nitrogens with one attached hydrogen (secondary N) is 1. The third-order valence-electron chi connectivity index (χ3n) is 5.24. The Bertz CT molecular complexity index is 766. The lowest BCUT2D eigenvalue weighted by Gasteiger charge is -2.23. The van der Waals surface area contributed by atoms with E-state index >= 15 is 0 Å². The molecular formula is C24H33N3O2. The maximum absolute atomic E-state index is 6.00. The van der Waals surface area contributed by atoms with E-state index in [9.17, 15) is 0 Å². The van der Waals surface area contributed by atoms with Crippen molar-refractivity contribution in [1.29, 1.82) is 0 Å². The van der Waals surface area contributed by atoms with Crippen LogP contribution in [0.5, 0.6) is 0 Å². The second kappa shape index (κ2) is 11.0. The lowest BCUT2D eigenvalue weighted by atomic mass is 10.1. The fourth-order valence-electron chi connectivity index (χ4n) is 3.42. The molecule has 0 radical (unpaired) electrons. The lowest BCUT2D eigenvalue weighted by molar-refractivity contribution is -0.0390. The predicted molar refractivity (Wildman–Crippen MR) is 118 cm³/mol. The minimum absolute atomic E-state index is 0.331. The van der Waals surface area contributed by atoms with E-state index in [1.807, 2.05) is 7.05 Å². The lowest BCUT2D eigenvalue weighted by Crippen LogP contribution is -2.38. The van der Waals surface area contributed by atoms with Gasteiger partial charge in [-0.3, -0.25) is 4.99 Å². The average molecular weight is 396 g/mol. The summed E-state index contributed by atoms with van der Waals surface area (Å²) in [6, 6.07) is 17.2. The highest BCUT2D eigenvalue weighted by Gasteiger charge is 2.14. The van der Waals surface area contributed by atoms with Crippen molar-refractivity contribution < 1.29 is 9.47 Å². The van der Waals surface area contributed by atoms with Crippen LogP contribution in [0.3, 0.4) is 0 Å². The van der Waals surface area contributed by atoms with Gasteiger partial charge in [0.1, 0.15) is 0 Å². The molecule has 0 unspecified atom stereocenters. The SMILES string of the molecule is CN=C(NCc1ccc(COC2CCOCC2)cc1)N(C)Cc1ccc(C)cc1. The molecule has 2 aromatic carbocycles. The summed E-state index contributed by atoms with van der Waals surface area (Å²) in [6.07, 6.45) is 2.33. The van der Waals surface area contributed by atoms with Crippen LogP contribution < -0.4 is 5.32 Å². The first kappa shape index (κ1) is 21.3. The van der Waals surface area contributed by atoms with Crippen LogP contribution in [-0.4, -0.2) is 44.3 Å². The van der Waals surface area contributed by atoms with Crippen molar-refractivity contribution in [2.24, 2.45) is 4.99 Å². The van der Waals surface area contributed by atoms with Gasteiger partial charge in [-0.05, 0) is 36.5 Å². The van der Waals surface area contributed by atoms with Crippen molar-refractivity contribution in [3.05, 3.63) is 70.8 Å². The van der Waals surface area contributed by atoms with E-state index in [-0.39, 0.29) is 0 Å². The van der Waals surface area contributed by atoms with Crippen LogP contribution in [0.1, 0.15) is 35.1 Å². The minimum atomic E-state index is 0.331. The monoisotopic (exact) mass is 395 g/mol. The van der Waals surface area contributed by atoms with E-state index in [0.717, 1.165) is 45.1 Å². The Morgan fingerprint density at radius 1 is 1.03 bits per heavy atom. The van der Waals surface area contributed by atoms with E-state index < -0.39 is 0 Å². The van der Waals surface area contributed by atoms with Gasteiger partial charge in [0, 0.05) is 40.4 Å². The Kier molecular flexibility index (Phi) is 8.08. The van der Waals surface area contributed by atoms with Gasteiger partial charge in [-0.1, -0.05) is 54.1 Å². The molecule has 0 saturated carbocycles. The third-order valence-corrected chi connectivity index (χ3v) is 5.24. The Morgan fingerprint density at radius 2 is 1.66 bits per heavy atom.